The Hall–Kier alpha value is -2.90. The van der Waals surface area contributed by atoms with Gasteiger partial charge in [0.15, 0.2) is 0 Å². The number of allylic oxidation sites excluding steroid dienone is 1. The topological polar surface area (TPSA) is 98.7 Å². The number of hydrogen-bond donors (Lipinski definition) is 3. The third kappa shape index (κ3) is 2.62. The average Bonchev–Trinajstić information content (AvgIpc) is 2.91. The van der Waals surface area contributed by atoms with Crippen molar-refractivity contribution in [3.8, 4) is 0 Å². The molecular formula is C14H16N6O2. The van der Waals surface area contributed by atoms with E-state index < -0.39 is 6.04 Å². The second kappa shape index (κ2) is 5.47. The first-order valence-corrected chi connectivity index (χ1v) is 6.87. The molecule has 1 fully saturated rings. The Morgan fingerprint density at radius 2 is 2.09 bits per heavy atom. The standard InChI is InChI=1S/C14H16N6O2/c1-8(2)12-18-14-17-11(21)7-10(20(14)19-12)13(22)16-9-3-5-15-6-4-9/h3-6,10,19H,7H2,1-2H3,(H,15,16,22)(H,17,18,21)/t10-/m0/s1. The van der Waals surface area contributed by atoms with Crippen molar-refractivity contribution < 1.29 is 9.59 Å². The number of carbonyl (C=O) groups excluding carboxylic acids is 2. The van der Waals surface area contributed by atoms with Crippen LogP contribution in [-0.2, 0) is 9.59 Å². The fourth-order valence-corrected chi connectivity index (χ4v) is 2.20. The Kier molecular flexibility index (Phi) is 3.50. The van der Waals surface area contributed by atoms with E-state index in [9.17, 15) is 9.59 Å². The molecule has 8 nitrogen and oxygen atoms in total. The molecule has 3 N–H and O–H groups in total. The number of nitrogens with zero attached hydrogens (tertiary/aromatic N) is 3. The number of aliphatic imine (C=N–C) groups is 1. The maximum absolute atomic E-state index is 12.5. The van der Waals surface area contributed by atoms with E-state index in [1.807, 2.05) is 13.8 Å². The second-order valence-electron chi connectivity index (χ2n) is 5.26. The molecule has 3 rings (SSSR count). The molecule has 1 aromatic rings. The second-order valence-corrected chi connectivity index (χ2v) is 5.26. The minimum atomic E-state index is -0.669. The number of amides is 2. The molecule has 1 saturated heterocycles. The molecule has 114 valence electrons. The first-order chi connectivity index (χ1) is 10.5. The highest BCUT2D eigenvalue weighted by Crippen LogP contribution is 2.19. The van der Waals surface area contributed by atoms with E-state index in [0.717, 1.165) is 5.57 Å². The van der Waals surface area contributed by atoms with Crippen molar-refractivity contribution >= 4 is 23.5 Å². The lowest BCUT2D eigenvalue weighted by Gasteiger charge is -2.32. The molecule has 2 amide bonds. The predicted molar refractivity (Wildman–Crippen MR) is 80.2 cm³/mol. The Balaban J connectivity index is 1.81. The molecule has 1 atom stereocenters. The SMILES string of the molecule is CC(C)=C1N=C2NC(=O)C[C@@H](C(=O)Nc3ccncc3)N2N1. The summed E-state index contributed by atoms with van der Waals surface area (Å²) >= 11 is 0. The highest BCUT2D eigenvalue weighted by molar-refractivity contribution is 6.07. The Morgan fingerprint density at radius 3 is 2.77 bits per heavy atom. The summed E-state index contributed by atoms with van der Waals surface area (Å²) in [4.78, 5) is 32.5. The smallest absolute Gasteiger partial charge is 0.249 e. The molecule has 0 aromatic carbocycles. The number of anilines is 1. The number of carbonyl (C=O) groups is 2. The molecule has 22 heavy (non-hydrogen) atoms. The highest BCUT2D eigenvalue weighted by Gasteiger charge is 2.39. The van der Waals surface area contributed by atoms with Crippen molar-refractivity contribution in [2.45, 2.75) is 26.3 Å². The van der Waals surface area contributed by atoms with Gasteiger partial charge in [0.05, 0.1) is 6.42 Å². The predicted octanol–water partition coefficient (Wildman–Crippen LogP) is 0.336. The largest absolute Gasteiger partial charge is 0.324 e. The Labute approximate surface area is 127 Å². The van der Waals surface area contributed by atoms with Gasteiger partial charge in [0.25, 0.3) is 0 Å². The van der Waals surface area contributed by atoms with E-state index >= 15 is 0 Å². The van der Waals surface area contributed by atoms with Crippen LogP contribution in [0.25, 0.3) is 0 Å². The van der Waals surface area contributed by atoms with Gasteiger partial charge in [0, 0.05) is 18.1 Å². The average molecular weight is 300 g/mol. The minimum absolute atomic E-state index is 0.0545. The van der Waals surface area contributed by atoms with E-state index in [4.69, 9.17) is 0 Å². The Bertz CT molecular complexity index is 678. The van der Waals surface area contributed by atoms with Gasteiger partial charge in [-0.3, -0.25) is 25.3 Å². The number of nitrogens with one attached hydrogen (secondary N) is 3. The van der Waals surface area contributed by atoms with Gasteiger partial charge >= 0.3 is 0 Å². The van der Waals surface area contributed by atoms with Crippen molar-refractivity contribution in [3.05, 3.63) is 35.9 Å². The molecule has 3 heterocycles. The van der Waals surface area contributed by atoms with Crippen LogP contribution in [0.2, 0.25) is 0 Å². The van der Waals surface area contributed by atoms with Gasteiger partial charge in [-0.05, 0) is 31.6 Å². The fourth-order valence-electron chi connectivity index (χ4n) is 2.20. The third-order valence-electron chi connectivity index (χ3n) is 3.34. The fraction of sp³-hybridized carbons (Fsp3) is 0.286. The number of fused-ring (bicyclic) bond motifs is 1. The van der Waals surface area contributed by atoms with Crippen LogP contribution in [0.15, 0.2) is 40.9 Å². The molecule has 0 bridgehead atoms. The van der Waals surface area contributed by atoms with E-state index in [0.29, 0.717) is 17.5 Å². The first kappa shape index (κ1) is 14.1. The van der Waals surface area contributed by atoms with Crippen LogP contribution in [0.4, 0.5) is 5.69 Å². The Morgan fingerprint density at radius 1 is 1.36 bits per heavy atom. The molecule has 0 saturated carbocycles. The first-order valence-electron chi connectivity index (χ1n) is 6.87. The summed E-state index contributed by atoms with van der Waals surface area (Å²) in [7, 11) is 0. The van der Waals surface area contributed by atoms with Crippen molar-refractivity contribution in [2.24, 2.45) is 4.99 Å². The van der Waals surface area contributed by atoms with E-state index in [1.54, 1.807) is 29.5 Å². The van der Waals surface area contributed by atoms with Gasteiger partial charge in [-0.2, -0.15) is 4.99 Å². The molecule has 8 heteroatoms. The molecule has 1 aromatic heterocycles. The summed E-state index contributed by atoms with van der Waals surface area (Å²) < 4.78 is 0. The van der Waals surface area contributed by atoms with Gasteiger partial charge in [-0.25, -0.2) is 5.01 Å². The molecule has 0 unspecified atom stereocenters. The number of rotatable bonds is 2. The monoisotopic (exact) mass is 300 g/mol. The zero-order valence-electron chi connectivity index (χ0n) is 12.3. The van der Waals surface area contributed by atoms with Crippen molar-refractivity contribution in [1.82, 2.24) is 20.7 Å². The lowest BCUT2D eigenvalue weighted by atomic mass is 10.1. The molecule has 0 spiro atoms. The lowest BCUT2D eigenvalue weighted by Crippen LogP contribution is -2.61. The zero-order valence-corrected chi connectivity index (χ0v) is 12.3. The van der Waals surface area contributed by atoms with Crippen LogP contribution in [0, 0.1) is 0 Å². The summed E-state index contributed by atoms with van der Waals surface area (Å²) in [5.41, 5.74) is 4.64. The van der Waals surface area contributed by atoms with Crippen LogP contribution in [0.3, 0.4) is 0 Å². The van der Waals surface area contributed by atoms with Crippen LogP contribution < -0.4 is 16.1 Å². The molecule has 2 aliphatic rings. The summed E-state index contributed by atoms with van der Waals surface area (Å²) in [6.45, 7) is 3.80. The zero-order chi connectivity index (χ0) is 15.7. The van der Waals surface area contributed by atoms with Gasteiger partial charge in [-0.15, -0.1) is 0 Å². The van der Waals surface area contributed by atoms with Crippen LogP contribution in [-0.4, -0.2) is 33.8 Å². The van der Waals surface area contributed by atoms with E-state index in [-0.39, 0.29) is 18.2 Å². The van der Waals surface area contributed by atoms with E-state index in [2.05, 4.69) is 26.0 Å². The summed E-state index contributed by atoms with van der Waals surface area (Å²) in [6.07, 6.45) is 3.23. The van der Waals surface area contributed by atoms with Crippen molar-refractivity contribution in [2.75, 3.05) is 5.32 Å². The van der Waals surface area contributed by atoms with Crippen LogP contribution in [0.1, 0.15) is 20.3 Å². The maximum atomic E-state index is 12.5. The quantitative estimate of drug-likeness (QED) is 0.731. The molecule has 2 aliphatic heterocycles. The van der Waals surface area contributed by atoms with Crippen LogP contribution in [0.5, 0.6) is 0 Å². The number of hydrogen-bond acceptors (Lipinski definition) is 6. The summed E-state index contributed by atoms with van der Waals surface area (Å²) in [5, 5.41) is 7.02. The maximum Gasteiger partial charge on any atom is 0.249 e. The van der Waals surface area contributed by atoms with E-state index in [1.165, 1.54) is 0 Å². The third-order valence-corrected chi connectivity index (χ3v) is 3.34. The number of hydrazine groups is 1. The lowest BCUT2D eigenvalue weighted by molar-refractivity contribution is -0.129. The molecule has 0 radical (unpaired) electrons. The summed E-state index contributed by atoms with van der Waals surface area (Å²) in [6, 6.07) is 2.71. The van der Waals surface area contributed by atoms with Gasteiger partial charge < -0.3 is 5.32 Å². The molecule has 0 aliphatic carbocycles. The van der Waals surface area contributed by atoms with Crippen LogP contribution >= 0.6 is 0 Å². The number of aromatic nitrogens is 1. The summed E-state index contributed by atoms with van der Waals surface area (Å²) in [5.74, 6) is 0.471. The van der Waals surface area contributed by atoms with Gasteiger partial charge in [-0.1, -0.05) is 0 Å². The van der Waals surface area contributed by atoms with Crippen molar-refractivity contribution in [3.63, 3.8) is 0 Å². The molecular weight excluding hydrogens is 284 g/mol. The van der Waals surface area contributed by atoms with Gasteiger partial charge in [0.1, 0.15) is 11.9 Å². The van der Waals surface area contributed by atoms with Gasteiger partial charge in [0.2, 0.25) is 17.8 Å². The number of pyridine rings is 1. The van der Waals surface area contributed by atoms with Crippen molar-refractivity contribution in [1.29, 1.82) is 0 Å². The highest BCUT2D eigenvalue weighted by atomic mass is 16.2. The minimum Gasteiger partial charge on any atom is -0.324 e. The number of guanidine groups is 1. The normalized spacial score (nSPS) is 19.8.